The standard InChI is InChI=1S/C63H39N5O/c1-5-17-40(18-6-1)61-64-62(41-19-7-2-8-20-41)66-63(65-61)46-36-44(42-30-33-55-53(38-42)49-25-13-15-27-54(49)67(55)47-21-9-3-10-22-47)35-45(37-46)43-29-31-52-57(39-43)68(48-23-11-4-12-24-48)56-34-32-51-50-26-14-16-28-58(50)69-60(51)59(52)56/h1-39H. The molecule has 0 saturated carbocycles. The Hall–Kier alpha value is -9.39. The minimum Gasteiger partial charge on any atom is -0.455 e. The Balaban J connectivity index is 1.03. The largest absolute Gasteiger partial charge is 0.455 e. The van der Waals surface area contributed by atoms with Crippen LogP contribution < -0.4 is 0 Å². The van der Waals surface area contributed by atoms with E-state index in [1.165, 1.54) is 16.3 Å². The summed E-state index contributed by atoms with van der Waals surface area (Å²) < 4.78 is 11.4. The number of para-hydroxylation sites is 4. The molecule has 0 aliphatic heterocycles. The van der Waals surface area contributed by atoms with Crippen molar-refractivity contribution in [2.24, 2.45) is 0 Å². The van der Waals surface area contributed by atoms with Gasteiger partial charge in [0, 0.05) is 55.0 Å². The number of fused-ring (bicyclic) bond motifs is 10. The second-order valence-electron chi connectivity index (χ2n) is 17.6. The maximum atomic E-state index is 6.70. The van der Waals surface area contributed by atoms with Gasteiger partial charge in [-0.2, -0.15) is 0 Å². The number of hydrogen-bond acceptors (Lipinski definition) is 4. The van der Waals surface area contributed by atoms with Crippen LogP contribution in [0.2, 0.25) is 0 Å². The number of hydrogen-bond donors (Lipinski definition) is 0. The van der Waals surface area contributed by atoms with Gasteiger partial charge in [-0.15, -0.1) is 0 Å². The third-order valence-electron chi connectivity index (χ3n) is 13.5. The molecule has 14 rings (SSSR count). The first-order valence-corrected chi connectivity index (χ1v) is 23.3. The lowest BCUT2D eigenvalue weighted by atomic mass is 9.94. The third kappa shape index (κ3) is 6.38. The van der Waals surface area contributed by atoms with Crippen LogP contribution in [-0.2, 0) is 0 Å². The molecule has 0 unspecified atom stereocenters. The Bertz CT molecular complexity index is 4230. The van der Waals surface area contributed by atoms with Crippen LogP contribution in [0.4, 0.5) is 0 Å². The molecule has 0 aliphatic rings. The van der Waals surface area contributed by atoms with Crippen molar-refractivity contribution in [1.29, 1.82) is 0 Å². The average molecular weight is 882 g/mol. The predicted octanol–water partition coefficient (Wildman–Crippen LogP) is 16.3. The zero-order chi connectivity index (χ0) is 45.4. The van der Waals surface area contributed by atoms with Gasteiger partial charge in [-0.3, -0.25) is 0 Å². The Kier molecular flexibility index (Phi) is 8.79. The maximum Gasteiger partial charge on any atom is 0.164 e. The molecule has 10 aromatic carbocycles. The Morgan fingerprint density at radius 3 is 1.42 bits per heavy atom. The molecule has 6 heteroatoms. The lowest BCUT2D eigenvalue weighted by Gasteiger charge is -2.14. The molecule has 322 valence electrons. The van der Waals surface area contributed by atoms with Crippen molar-refractivity contribution >= 4 is 65.6 Å². The molecule has 0 spiro atoms. The van der Waals surface area contributed by atoms with Gasteiger partial charge in [0.1, 0.15) is 11.2 Å². The van der Waals surface area contributed by atoms with Crippen LogP contribution >= 0.6 is 0 Å². The van der Waals surface area contributed by atoms with E-state index in [9.17, 15) is 0 Å². The maximum absolute atomic E-state index is 6.70. The molecule has 69 heavy (non-hydrogen) atoms. The number of aromatic nitrogens is 5. The third-order valence-corrected chi connectivity index (χ3v) is 13.5. The van der Waals surface area contributed by atoms with Crippen LogP contribution in [0.25, 0.3) is 133 Å². The van der Waals surface area contributed by atoms with E-state index in [1.807, 2.05) is 42.5 Å². The molecule has 0 aliphatic carbocycles. The van der Waals surface area contributed by atoms with Gasteiger partial charge in [-0.25, -0.2) is 15.0 Å². The number of rotatable bonds is 7. The summed E-state index contributed by atoms with van der Waals surface area (Å²) in [5.41, 5.74) is 15.5. The molecule has 4 aromatic heterocycles. The fraction of sp³-hybridized carbons (Fsp3) is 0. The highest BCUT2D eigenvalue weighted by molar-refractivity contribution is 6.24. The van der Waals surface area contributed by atoms with E-state index >= 15 is 0 Å². The van der Waals surface area contributed by atoms with E-state index in [2.05, 4.69) is 203 Å². The Labute approximate surface area is 396 Å². The highest BCUT2D eigenvalue weighted by Crippen LogP contribution is 2.43. The normalized spacial score (nSPS) is 11.8. The fourth-order valence-corrected chi connectivity index (χ4v) is 10.4. The summed E-state index contributed by atoms with van der Waals surface area (Å²) >= 11 is 0. The Morgan fingerprint density at radius 1 is 0.275 bits per heavy atom. The summed E-state index contributed by atoms with van der Waals surface area (Å²) in [5, 5.41) is 6.82. The predicted molar refractivity (Wildman–Crippen MR) is 283 cm³/mol. The van der Waals surface area contributed by atoms with Crippen molar-refractivity contribution in [2.45, 2.75) is 0 Å². The van der Waals surface area contributed by atoms with Gasteiger partial charge in [0.05, 0.1) is 27.5 Å². The molecule has 6 nitrogen and oxygen atoms in total. The minimum atomic E-state index is 0.597. The zero-order valence-electron chi connectivity index (χ0n) is 37.2. The van der Waals surface area contributed by atoms with E-state index in [1.54, 1.807) is 0 Å². The zero-order valence-corrected chi connectivity index (χ0v) is 37.2. The molecule has 0 fully saturated rings. The average Bonchev–Trinajstić information content (AvgIpc) is 4.09. The van der Waals surface area contributed by atoms with Crippen LogP contribution in [0, 0.1) is 0 Å². The first-order valence-electron chi connectivity index (χ1n) is 23.3. The molecule has 14 aromatic rings. The van der Waals surface area contributed by atoms with Crippen LogP contribution in [0.15, 0.2) is 241 Å². The van der Waals surface area contributed by atoms with Gasteiger partial charge >= 0.3 is 0 Å². The molecule has 0 amide bonds. The lowest BCUT2D eigenvalue weighted by molar-refractivity contribution is 0.673. The van der Waals surface area contributed by atoms with E-state index in [-0.39, 0.29) is 0 Å². The number of nitrogens with zero attached hydrogens (tertiary/aromatic N) is 5. The highest BCUT2D eigenvalue weighted by atomic mass is 16.3. The molecule has 4 heterocycles. The van der Waals surface area contributed by atoms with Crippen LogP contribution in [0.1, 0.15) is 0 Å². The van der Waals surface area contributed by atoms with Crippen molar-refractivity contribution in [3.63, 3.8) is 0 Å². The van der Waals surface area contributed by atoms with Gasteiger partial charge in [0.15, 0.2) is 17.5 Å². The van der Waals surface area contributed by atoms with Gasteiger partial charge in [0.25, 0.3) is 0 Å². The smallest absolute Gasteiger partial charge is 0.164 e. The molecule has 0 radical (unpaired) electrons. The van der Waals surface area contributed by atoms with E-state index in [0.29, 0.717) is 17.5 Å². The molecular weight excluding hydrogens is 843 g/mol. The minimum absolute atomic E-state index is 0.597. The highest BCUT2D eigenvalue weighted by Gasteiger charge is 2.21. The van der Waals surface area contributed by atoms with Gasteiger partial charge in [0.2, 0.25) is 0 Å². The van der Waals surface area contributed by atoms with Gasteiger partial charge in [-0.05, 0) is 107 Å². The summed E-state index contributed by atoms with van der Waals surface area (Å²) in [4.78, 5) is 15.5. The summed E-state index contributed by atoms with van der Waals surface area (Å²) in [6.07, 6.45) is 0. The van der Waals surface area contributed by atoms with Crippen molar-refractivity contribution in [2.75, 3.05) is 0 Å². The topological polar surface area (TPSA) is 61.7 Å². The fourth-order valence-electron chi connectivity index (χ4n) is 10.4. The first-order chi connectivity index (χ1) is 34.2. The van der Waals surface area contributed by atoms with Crippen LogP contribution in [0.5, 0.6) is 0 Å². The molecule has 0 atom stereocenters. The quantitative estimate of drug-likeness (QED) is 0.160. The second kappa shape index (κ2) is 15.6. The SMILES string of the molecule is c1ccc(-c2nc(-c3ccccc3)nc(-c3cc(-c4ccc5c(c4)c4ccccc4n5-c4ccccc4)cc(-c4ccc5c6c7oc8ccccc8c7ccc6n(-c6ccccc6)c5c4)c3)n2)cc1. The van der Waals surface area contributed by atoms with Gasteiger partial charge in [-0.1, -0.05) is 152 Å². The van der Waals surface area contributed by atoms with Crippen molar-refractivity contribution in [1.82, 2.24) is 24.1 Å². The van der Waals surface area contributed by atoms with Crippen molar-refractivity contribution < 1.29 is 4.42 Å². The lowest BCUT2D eigenvalue weighted by Crippen LogP contribution is -2.00. The first kappa shape index (κ1) is 38.8. The molecule has 0 bridgehead atoms. The van der Waals surface area contributed by atoms with Crippen molar-refractivity contribution in [3.8, 4) is 67.8 Å². The monoisotopic (exact) mass is 881 g/mol. The van der Waals surface area contributed by atoms with E-state index in [0.717, 1.165) is 99.6 Å². The summed E-state index contributed by atoms with van der Waals surface area (Å²) in [5.74, 6) is 1.83. The summed E-state index contributed by atoms with van der Waals surface area (Å²) in [6.45, 7) is 0. The van der Waals surface area contributed by atoms with Crippen LogP contribution in [-0.4, -0.2) is 24.1 Å². The second-order valence-corrected chi connectivity index (χ2v) is 17.6. The number of benzene rings is 10. The van der Waals surface area contributed by atoms with Crippen LogP contribution in [0.3, 0.4) is 0 Å². The molecule has 0 saturated heterocycles. The van der Waals surface area contributed by atoms with E-state index in [4.69, 9.17) is 19.4 Å². The Morgan fingerprint density at radius 2 is 0.754 bits per heavy atom. The van der Waals surface area contributed by atoms with E-state index < -0.39 is 0 Å². The van der Waals surface area contributed by atoms with Crippen molar-refractivity contribution in [3.05, 3.63) is 237 Å². The summed E-state index contributed by atoms with van der Waals surface area (Å²) in [7, 11) is 0. The molecule has 0 N–H and O–H groups in total. The molecular formula is C63H39N5O. The van der Waals surface area contributed by atoms with Gasteiger partial charge < -0.3 is 13.6 Å². The number of furan rings is 1. The summed E-state index contributed by atoms with van der Waals surface area (Å²) in [6, 6.07) is 83.4.